The normalized spacial score (nSPS) is 45.4. The zero-order valence-corrected chi connectivity index (χ0v) is 10.6. The minimum absolute atomic E-state index is 0.271. The van der Waals surface area contributed by atoms with Gasteiger partial charge in [-0.1, -0.05) is 12.1 Å². The van der Waals surface area contributed by atoms with Crippen LogP contribution in [0.5, 0.6) is 0 Å². The molecule has 4 aliphatic carbocycles. The maximum atomic E-state index is 14.2. The lowest BCUT2D eigenvalue weighted by atomic mass is 9.47. The van der Waals surface area contributed by atoms with Crippen molar-refractivity contribution in [2.75, 3.05) is 5.73 Å². The standard InChI is InChI=1S/C16H20FN/c17-15-11-5-10-6-12(15)9-16(7-10,8-11)13-1-3-14(18)4-2-13/h1-4,10-12,15H,5-9,18H2/t10?,11-,12+,15?,16?. The molecule has 4 saturated carbocycles. The van der Waals surface area contributed by atoms with Crippen molar-refractivity contribution in [3.63, 3.8) is 0 Å². The van der Waals surface area contributed by atoms with E-state index in [0.717, 1.165) is 37.3 Å². The quantitative estimate of drug-likeness (QED) is 0.750. The Balaban J connectivity index is 1.74. The number of hydrogen-bond acceptors (Lipinski definition) is 1. The molecule has 0 aliphatic heterocycles. The molecule has 18 heavy (non-hydrogen) atoms. The second-order valence-electron chi connectivity index (χ2n) is 6.82. The zero-order chi connectivity index (χ0) is 12.3. The lowest BCUT2D eigenvalue weighted by molar-refractivity contribution is -0.0694. The first-order valence-corrected chi connectivity index (χ1v) is 7.16. The van der Waals surface area contributed by atoms with Crippen LogP contribution >= 0.6 is 0 Å². The first-order valence-electron chi connectivity index (χ1n) is 7.16. The van der Waals surface area contributed by atoms with E-state index in [1.165, 1.54) is 12.0 Å². The van der Waals surface area contributed by atoms with Crippen molar-refractivity contribution in [3.05, 3.63) is 29.8 Å². The first-order chi connectivity index (χ1) is 8.66. The summed E-state index contributed by atoms with van der Waals surface area (Å²) >= 11 is 0. The van der Waals surface area contributed by atoms with Crippen LogP contribution in [0.25, 0.3) is 0 Å². The molecule has 0 radical (unpaired) electrons. The summed E-state index contributed by atoms with van der Waals surface area (Å²) in [5, 5.41) is 0. The van der Waals surface area contributed by atoms with Gasteiger partial charge in [0.2, 0.25) is 0 Å². The minimum atomic E-state index is -0.525. The van der Waals surface area contributed by atoms with Gasteiger partial charge in [-0.2, -0.15) is 0 Å². The van der Waals surface area contributed by atoms with E-state index in [2.05, 4.69) is 12.1 Å². The average Bonchev–Trinajstić information content (AvgIpc) is 2.35. The van der Waals surface area contributed by atoms with E-state index in [-0.39, 0.29) is 5.41 Å². The third-order valence-electron chi connectivity index (χ3n) is 5.68. The zero-order valence-electron chi connectivity index (χ0n) is 10.6. The number of benzene rings is 1. The first kappa shape index (κ1) is 10.8. The fraction of sp³-hybridized carbons (Fsp3) is 0.625. The Bertz CT molecular complexity index is 450. The van der Waals surface area contributed by atoms with Crippen molar-refractivity contribution in [2.24, 2.45) is 17.8 Å². The van der Waals surface area contributed by atoms with Crippen molar-refractivity contribution in [2.45, 2.75) is 43.7 Å². The third-order valence-corrected chi connectivity index (χ3v) is 5.68. The Kier molecular flexibility index (Phi) is 2.10. The van der Waals surface area contributed by atoms with Crippen molar-refractivity contribution < 1.29 is 4.39 Å². The molecular formula is C16H20FN. The summed E-state index contributed by atoms with van der Waals surface area (Å²) in [5.74, 6) is 1.43. The second-order valence-corrected chi connectivity index (χ2v) is 6.82. The van der Waals surface area contributed by atoms with Gasteiger partial charge in [0.05, 0.1) is 0 Å². The van der Waals surface area contributed by atoms with Crippen LogP contribution in [0.4, 0.5) is 10.1 Å². The lowest BCUT2D eigenvalue weighted by Crippen LogP contribution is -2.54. The molecule has 1 nitrogen and oxygen atoms in total. The molecule has 4 bridgehead atoms. The van der Waals surface area contributed by atoms with E-state index in [9.17, 15) is 4.39 Å². The molecule has 3 unspecified atom stereocenters. The summed E-state index contributed by atoms with van der Waals surface area (Å²) in [5.41, 5.74) is 8.28. The van der Waals surface area contributed by atoms with Gasteiger partial charge in [-0.05, 0) is 73.0 Å². The predicted octanol–water partition coefficient (Wildman–Crippen LogP) is 3.68. The minimum Gasteiger partial charge on any atom is -0.399 e. The summed E-state index contributed by atoms with van der Waals surface area (Å²) in [6.07, 6.45) is 5.14. The molecule has 1 aromatic carbocycles. The third kappa shape index (κ3) is 1.38. The Morgan fingerprint density at radius 3 is 2.22 bits per heavy atom. The van der Waals surface area contributed by atoms with Crippen molar-refractivity contribution in [1.82, 2.24) is 0 Å². The number of hydrogen-bond donors (Lipinski definition) is 1. The number of anilines is 1. The highest BCUT2D eigenvalue weighted by atomic mass is 19.1. The fourth-order valence-electron chi connectivity index (χ4n) is 5.15. The Morgan fingerprint density at radius 1 is 1.00 bits per heavy atom. The lowest BCUT2D eigenvalue weighted by Gasteiger charge is -2.58. The van der Waals surface area contributed by atoms with E-state index in [1.54, 1.807) is 0 Å². The maximum Gasteiger partial charge on any atom is 0.106 e. The topological polar surface area (TPSA) is 26.0 Å². The average molecular weight is 245 g/mol. The van der Waals surface area contributed by atoms with E-state index < -0.39 is 6.17 Å². The van der Waals surface area contributed by atoms with Gasteiger partial charge in [-0.25, -0.2) is 4.39 Å². The van der Waals surface area contributed by atoms with Gasteiger partial charge in [-0.15, -0.1) is 0 Å². The highest BCUT2D eigenvalue weighted by Crippen LogP contribution is 2.61. The highest BCUT2D eigenvalue weighted by molar-refractivity contribution is 5.42. The Labute approximate surface area is 108 Å². The van der Waals surface area contributed by atoms with Crippen LogP contribution in [0.1, 0.15) is 37.7 Å². The molecule has 5 atom stereocenters. The molecule has 96 valence electrons. The molecule has 2 heteroatoms. The maximum absolute atomic E-state index is 14.2. The summed E-state index contributed by atoms with van der Waals surface area (Å²) < 4.78 is 14.2. The molecule has 0 aromatic heterocycles. The molecule has 5 rings (SSSR count). The SMILES string of the molecule is Nc1ccc(C23CC4C[C@H](C2)C(F)[C@@H](C4)C3)cc1. The van der Waals surface area contributed by atoms with Crippen LogP contribution in [0, 0.1) is 17.8 Å². The van der Waals surface area contributed by atoms with E-state index in [0.29, 0.717) is 11.8 Å². The molecule has 4 fully saturated rings. The van der Waals surface area contributed by atoms with E-state index in [4.69, 9.17) is 5.73 Å². The Morgan fingerprint density at radius 2 is 1.61 bits per heavy atom. The molecule has 4 aliphatic rings. The van der Waals surface area contributed by atoms with Crippen LogP contribution in [-0.2, 0) is 5.41 Å². The second kappa shape index (κ2) is 3.49. The molecule has 0 spiro atoms. The summed E-state index contributed by atoms with van der Waals surface area (Å²) in [6.45, 7) is 0. The smallest absolute Gasteiger partial charge is 0.106 e. The summed E-state index contributed by atoms with van der Waals surface area (Å²) in [7, 11) is 0. The molecular weight excluding hydrogens is 225 g/mol. The number of nitrogens with two attached hydrogens (primary N) is 1. The van der Waals surface area contributed by atoms with Crippen LogP contribution in [0.3, 0.4) is 0 Å². The van der Waals surface area contributed by atoms with Gasteiger partial charge in [0, 0.05) is 5.69 Å². The highest BCUT2D eigenvalue weighted by Gasteiger charge is 2.56. The van der Waals surface area contributed by atoms with Gasteiger partial charge in [0.1, 0.15) is 6.17 Å². The largest absolute Gasteiger partial charge is 0.399 e. The number of nitrogen functional groups attached to an aromatic ring is 1. The predicted molar refractivity (Wildman–Crippen MR) is 71.0 cm³/mol. The van der Waals surface area contributed by atoms with E-state index in [1.807, 2.05) is 12.1 Å². The molecule has 1 aromatic rings. The fourth-order valence-corrected chi connectivity index (χ4v) is 5.15. The van der Waals surface area contributed by atoms with Crippen LogP contribution in [0.2, 0.25) is 0 Å². The van der Waals surface area contributed by atoms with Crippen LogP contribution in [0.15, 0.2) is 24.3 Å². The van der Waals surface area contributed by atoms with Gasteiger partial charge in [0.15, 0.2) is 0 Å². The molecule has 0 heterocycles. The van der Waals surface area contributed by atoms with Gasteiger partial charge in [0.25, 0.3) is 0 Å². The summed E-state index contributed by atoms with van der Waals surface area (Å²) in [6, 6.07) is 8.35. The van der Waals surface area contributed by atoms with Crippen LogP contribution < -0.4 is 5.73 Å². The van der Waals surface area contributed by atoms with E-state index >= 15 is 0 Å². The van der Waals surface area contributed by atoms with Crippen molar-refractivity contribution in [1.29, 1.82) is 0 Å². The van der Waals surface area contributed by atoms with Gasteiger partial charge >= 0.3 is 0 Å². The monoisotopic (exact) mass is 245 g/mol. The number of rotatable bonds is 1. The van der Waals surface area contributed by atoms with Crippen LogP contribution in [-0.4, -0.2) is 6.17 Å². The Hall–Kier alpha value is -1.05. The molecule has 2 N–H and O–H groups in total. The molecule has 0 amide bonds. The van der Waals surface area contributed by atoms with Crippen molar-refractivity contribution in [3.8, 4) is 0 Å². The molecule has 0 saturated heterocycles. The van der Waals surface area contributed by atoms with Gasteiger partial charge < -0.3 is 5.73 Å². The summed E-state index contributed by atoms with van der Waals surface area (Å²) in [4.78, 5) is 0. The number of alkyl halides is 1. The number of halogens is 1. The van der Waals surface area contributed by atoms with Crippen molar-refractivity contribution >= 4 is 5.69 Å². The van der Waals surface area contributed by atoms with Gasteiger partial charge in [-0.3, -0.25) is 0 Å².